The quantitative estimate of drug-likeness (QED) is 0.589. The Hall–Kier alpha value is -0.690. The lowest BCUT2D eigenvalue weighted by molar-refractivity contribution is 1.53. The molecule has 9 heavy (non-hydrogen) atoms. The summed E-state index contributed by atoms with van der Waals surface area (Å²) in [5.41, 5.74) is 6.04. The third-order valence-electron chi connectivity index (χ3n) is 0.686. The molecule has 2 N–H and O–H groups in total. The summed E-state index contributed by atoms with van der Waals surface area (Å²) in [5.74, 6) is 0. The van der Waals surface area contributed by atoms with E-state index in [0.717, 1.165) is 5.57 Å². The molecule has 1 nitrogen and oxygen atoms in total. The van der Waals surface area contributed by atoms with Gasteiger partial charge in [-0.3, -0.25) is 0 Å². The molecule has 0 radical (unpaired) electrons. The Kier molecular flexibility index (Phi) is 3.89. The van der Waals surface area contributed by atoms with Crippen LogP contribution in [0.3, 0.4) is 0 Å². The van der Waals surface area contributed by atoms with E-state index >= 15 is 0 Å². The summed E-state index contributed by atoms with van der Waals surface area (Å²) < 4.78 is 0. The second-order valence-electron chi connectivity index (χ2n) is 1.73. The molecule has 50 valence electrons. The van der Waals surface area contributed by atoms with Gasteiger partial charge in [0.1, 0.15) is 0 Å². The van der Waals surface area contributed by atoms with E-state index < -0.39 is 0 Å². The van der Waals surface area contributed by atoms with Crippen molar-refractivity contribution in [3.63, 3.8) is 0 Å². The predicted octanol–water partition coefficient (Wildman–Crippen LogP) is 2.16. The molecule has 0 aromatic carbocycles. The van der Waals surface area contributed by atoms with Crippen LogP contribution >= 0.6 is 11.6 Å². The van der Waals surface area contributed by atoms with Crippen LogP contribution in [0, 0.1) is 0 Å². The molecule has 0 unspecified atom stereocenters. The average Bonchev–Trinajstić information content (AvgIpc) is 1.83. The standard InChI is InChI=1S/C7H10ClN/c1-6(2)3-4-7(8)5-9/h3-5H,1,9H2,2H3/b4-3-,7-5+. The second-order valence-corrected chi connectivity index (χ2v) is 2.17. The summed E-state index contributed by atoms with van der Waals surface area (Å²) in [6.45, 7) is 5.53. The molecule has 0 aliphatic heterocycles. The van der Waals surface area contributed by atoms with E-state index in [-0.39, 0.29) is 0 Å². The molecule has 0 aromatic heterocycles. The Morgan fingerprint density at radius 1 is 1.56 bits per heavy atom. The first-order valence-corrected chi connectivity index (χ1v) is 2.95. The largest absolute Gasteiger partial charge is 0.403 e. The maximum atomic E-state index is 5.52. The highest BCUT2D eigenvalue weighted by atomic mass is 35.5. The summed E-state index contributed by atoms with van der Waals surface area (Å²) in [6, 6.07) is 0. The molecular formula is C7H10ClN. The fraction of sp³-hybridized carbons (Fsp3) is 0.143. The van der Waals surface area contributed by atoms with Gasteiger partial charge in [-0.25, -0.2) is 0 Å². The lowest BCUT2D eigenvalue weighted by Gasteiger charge is -1.84. The van der Waals surface area contributed by atoms with Crippen molar-refractivity contribution in [3.8, 4) is 0 Å². The third kappa shape index (κ3) is 5.18. The summed E-state index contributed by atoms with van der Waals surface area (Å²) in [6.07, 6.45) is 4.83. The van der Waals surface area contributed by atoms with Gasteiger partial charge < -0.3 is 5.73 Å². The minimum atomic E-state index is 0.526. The van der Waals surface area contributed by atoms with E-state index in [1.54, 1.807) is 12.2 Å². The van der Waals surface area contributed by atoms with Crippen LogP contribution < -0.4 is 5.73 Å². The average molecular weight is 144 g/mol. The smallest absolute Gasteiger partial charge is 0.0560 e. The molecule has 0 aliphatic carbocycles. The number of allylic oxidation sites excluding steroid dienone is 4. The van der Waals surface area contributed by atoms with Crippen molar-refractivity contribution < 1.29 is 0 Å². The molecule has 2 heteroatoms. The maximum Gasteiger partial charge on any atom is 0.0560 e. The topological polar surface area (TPSA) is 26.0 Å². The SMILES string of the molecule is C=C(C)/C=C\C(Cl)=C/N. The highest BCUT2D eigenvalue weighted by molar-refractivity contribution is 6.31. The maximum absolute atomic E-state index is 5.52. The van der Waals surface area contributed by atoms with E-state index in [2.05, 4.69) is 6.58 Å². The van der Waals surface area contributed by atoms with Crippen LogP contribution in [0.15, 0.2) is 35.5 Å². The summed E-state index contributed by atoms with van der Waals surface area (Å²) >= 11 is 5.52. The van der Waals surface area contributed by atoms with Crippen LogP contribution in [0.2, 0.25) is 0 Å². The normalized spacial score (nSPS) is 12.4. The lowest BCUT2D eigenvalue weighted by Crippen LogP contribution is -1.77. The molecule has 0 saturated heterocycles. The zero-order valence-corrected chi connectivity index (χ0v) is 6.15. The van der Waals surface area contributed by atoms with Gasteiger partial charge in [-0.2, -0.15) is 0 Å². The van der Waals surface area contributed by atoms with E-state index in [0.29, 0.717) is 5.03 Å². The van der Waals surface area contributed by atoms with Crippen LogP contribution in [0.5, 0.6) is 0 Å². The van der Waals surface area contributed by atoms with Crippen molar-refractivity contribution in [2.24, 2.45) is 5.73 Å². The first-order valence-electron chi connectivity index (χ1n) is 2.58. The number of nitrogens with two attached hydrogens (primary N) is 1. The Balaban J connectivity index is 3.86. The van der Waals surface area contributed by atoms with Crippen molar-refractivity contribution in [1.29, 1.82) is 0 Å². The number of hydrogen-bond donors (Lipinski definition) is 1. The van der Waals surface area contributed by atoms with Gasteiger partial charge in [-0.15, -0.1) is 0 Å². The molecule has 0 saturated carbocycles. The molecule has 0 aromatic rings. The van der Waals surface area contributed by atoms with Crippen molar-refractivity contribution in [2.45, 2.75) is 6.92 Å². The van der Waals surface area contributed by atoms with Crippen molar-refractivity contribution in [1.82, 2.24) is 0 Å². The highest BCUT2D eigenvalue weighted by Crippen LogP contribution is 2.01. The van der Waals surface area contributed by atoms with Gasteiger partial charge in [0.15, 0.2) is 0 Å². The van der Waals surface area contributed by atoms with Crippen LogP contribution in [0.1, 0.15) is 6.92 Å². The van der Waals surface area contributed by atoms with Gasteiger partial charge in [-0.1, -0.05) is 29.8 Å². The molecule has 0 fully saturated rings. The van der Waals surface area contributed by atoms with E-state index in [1.165, 1.54) is 6.20 Å². The molecule has 0 atom stereocenters. The predicted molar refractivity (Wildman–Crippen MR) is 42.1 cm³/mol. The minimum absolute atomic E-state index is 0.526. The van der Waals surface area contributed by atoms with E-state index in [4.69, 9.17) is 17.3 Å². The van der Waals surface area contributed by atoms with Gasteiger partial charge in [0.05, 0.1) is 5.03 Å². The summed E-state index contributed by atoms with van der Waals surface area (Å²) in [7, 11) is 0. The Morgan fingerprint density at radius 3 is 2.44 bits per heavy atom. The highest BCUT2D eigenvalue weighted by Gasteiger charge is 1.78. The number of halogens is 1. The number of hydrogen-bond acceptors (Lipinski definition) is 1. The first-order chi connectivity index (χ1) is 4.16. The van der Waals surface area contributed by atoms with Crippen molar-refractivity contribution in [2.75, 3.05) is 0 Å². The summed E-state index contributed by atoms with van der Waals surface area (Å²) in [4.78, 5) is 0. The Bertz CT molecular complexity index is 156. The van der Waals surface area contributed by atoms with E-state index in [9.17, 15) is 0 Å². The van der Waals surface area contributed by atoms with Gasteiger partial charge in [0.25, 0.3) is 0 Å². The molecule has 0 aliphatic rings. The molecule has 0 spiro atoms. The molecule has 0 rings (SSSR count). The fourth-order valence-electron chi connectivity index (χ4n) is 0.277. The van der Waals surface area contributed by atoms with Gasteiger partial charge >= 0.3 is 0 Å². The molecule has 0 heterocycles. The Labute approximate surface area is 60.5 Å². The molecule has 0 amide bonds. The van der Waals surface area contributed by atoms with Crippen molar-refractivity contribution in [3.05, 3.63) is 35.5 Å². The van der Waals surface area contributed by atoms with Crippen LogP contribution in [0.4, 0.5) is 0 Å². The molecular weight excluding hydrogens is 134 g/mol. The van der Waals surface area contributed by atoms with E-state index in [1.807, 2.05) is 6.92 Å². The second kappa shape index (κ2) is 4.21. The lowest BCUT2D eigenvalue weighted by atomic mass is 10.3. The first kappa shape index (κ1) is 8.31. The number of rotatable bonds is 2. The molecule has 0 bridgehead atoms. The van der Waals surface area contributed by atoms with Gasteiger partial charge in [0.2, 0.25) is 0 Å². The monoisotopic (exact) mass is 143 g/mol. The van der Waals surface area contributed by atoms with Gasteiger partial charge in [-0.05, 0) is 13.0 Å². The fourth-order valence-corrected chi connectivity index (χ4v) is 0.340. The summed E-state index contributed by atoms with van der Waals surface area (Å²) in [5, 5.41) is 0.526. The van der Waals surface area contributed by atoms with Crippen molar-refractivity contribution >= 4 is 11.6 Å². The Morgan fingerprint density at radius 2 is 2.11 bits per heavy atom. The minimum Gasteiger partial charge on any atom is -0.403 e. The van der Waals surface area contributed by atoms with Gasteiger partial charge in [0, 0.05) is 6.20 Å². The zero-order valence-electron chi connectivity index (χ0n) is 5.39. The van der Waals surface area contributed by atoms with Crippen LogP contribution in [-0.2, 0) is 0 Å². The van der Waals surface area contributed by atoms with Crippen LogP contribution in [-0.4, -0.2) is 0 Å². The third-order valence-corrected chi connectivity index (χ3v) is 0.938. The van der Waals surface area contributed by atoms with Crippen LogP contribution in [0.25, 0.3) is 0 Å². The zero-order chi connectivity index (χ0) is 7.28.